The fourth-order valence-electron chi connectivity index (χ4n) is 2.21. The third kappa shape index (κ3) is 5.17. The quantitative estimate of drug-likeness (QED) is 0.618. The Bertz CT molecular complexity index is 488. The average molecular weight is 294 g/mol. The third-order valence-corrected chi connectivity index (χ3v) is 2.87. The van der Waals surface area contributed by atoms with Gasteiger partial charge in [0.15, 0.2) is 0 Å². The number of carbonyl (C=O) groups is 1. The van der Waals surface area contributed by atoms with E-state index in [1.807, 2.05) is 41.5 Å². The molecule has 0 aliphatic carbocycles. The van der Waals surface area contributed by atoms with Crippen molar-refractivity contribution in [3.63, 3.8) is 0 Å². The Labute approximate surface area is 127 Å². The van der Waals surface area contributed by atoms with Crippen molar-refractivity contribution in [3.05, 3.63) is 39.4 Å². The van der Waals surface area contributed by atoms with Crippen molar-refractivity contribution in [2.45, 2.75) is 60.5 Å². The highest BCUT2D eigenvalue weighted by Gasteiger charge is 2.23. The van der Waals surface area contributed by atoms with Crippen LogP contribution in [0.4, 0.5) is 5.69 Å². The number of nitro groups is 1. The van der Waals surface area contributed by atoms with Crippen LogP contribution in [0.25, 0.3) is 0 Å². The molecule has 1 rings (SSSR count). The molecule has 1 aromatic carbocycles. The van der Waals surface area contributed by atoms with Crippen molar-refractivity contribution in [2.24, 2.45) is 0 Å². The molecule has 5 nitrogen and oxygen atoms in total. The summed E-state index contributed by atoms with van der Waals surface area (Å²) in [5.41, 5.74) is 1.04. The van der Waals surface area contributed by atoms with Crippen LogP contribution in [-0.4, -0.2) is 27.8 Å². The highest BCUT2D eigenvalue weighted by atomic mass is 16.6. The van der Waals surface area contributed by atoms with Crippen molar-refractivity contribution in [1.82, 2.24) is 4.90 Å². The van der Waals surface area contributed by atoms with Crippen LogP contribution in [-0.2, 0) is 0 Å². The molecule has 0 aromatic heterocycles. The summed E-state index contributed by atoms with van der Waals surface area (Å²) in [7, 11) is 0. The van der Waals surface area contributed by atoms with Crippen LogP contribution in [0.15, 0.2) is 18.2 Å². The predicted molar refractivity (Wildman–Crippen MR) is 85.6 cm³/mol. The molecule has 0 radical (unpaired) electrons. The first-order valence-electron chi connectivity index (χ1n) is 7.32. The summed E-state index contributed by atoms with van der Waals surface area (Å²) in [6.45, 7) is 13.5. The number of carbonyl (C=O) groups excluding carboxylic acids is 1. The maximum atomic E-state index is 12.5. The fraction of sp³-hybridized carbons (Fsp3) is 0.562. The number of rotatable bonds is 4. The normalized spacial score (nSPS) is 10.1. The van der Waals surface area contributed by atoms with Crippen molar-refractivity contribution in [1.29, 1.82) is 0 Å². The Kier molecular flexibility index (Phi) is 7.63. The number of nitro benzene ring substituents is 1. The lowest BCUT2D eigenvalue weighted by atomic mass is 10.1. The molecule has 118 valence electrons. The van der Waals surface area contributed by atoms with Crippen LogP contribution < -0.4 is 0 Å². The van der Waals surface area contributed by atoms with Gasteiger partial charge in [0.05, 0.1) is 4.92 Å². The molecule has 0 atom stereocenters. The zero-order valence-corrected chi connectivity index (χ0v) is 14.0. The maximum absolute atomic E-state index is 12.5. The number of aryl methyl sites for hydroxylation is 1. The summed E-state index contributed by atoms with van der Waals surface area (Å²) in [4.78, 5) is 24.6. The van der Waals surface area contributed by atoms with E-state index < -0.39 is 4.92 Å². The summed E-state index contributed by atoms with van der Waals surface area (Å²) in [5, 5.41) is 10.8. The Morgan fingerprint density at radius 1 is 1.10 bits per heavy atom. The molecule has 0 N–H and O–H groups in total. The fourth-order valence-corrected chi connectivity index (χ4v) is 2.21. The largest absolute Gasteiger partial charge is 0.334 e. The van der Waals surface area contributed by atoms with E-state index in [0.29, 0.717) is 11.1 Å². The highest BCUT2D eigenvalue weighted by molar-refractivity contribution is 5.95. The van der Waals surface area contributed by atoms with E-state index in [2.05, 4.69) is 0 Å². The Morgan fingerprint density at radius 3 is 1.95 bits per heavy atom. The zero-order valence-electron chi connectivity index (χ0n) is 14.0. The predicted octanol–water partition coefficient (Wildman–Crippen LogP) is 4.19. The first kappa shape index (κ1) is 19.1. The minimum Gasteiger partial charge on any atom is -0.334 e. The van der Waals surface area contributed by atoms with Gasteiger partial charge in [-0.1, -0.05) is 13.8 Å². The molecule has 0 saturated heterocycles. The lowest BCUT2D eigenvalue weighted by Crippen LogP contribution is -2.42. The summed E-state index contributed by atoms with van der Waals surface area (Å²) in [5.74, 6) is -0.170. The van der Waals surface area contributed by atoms with Gasteiger partial charge in [-0.2, -0.15) is 0 Å². The van der Waals surface area contributed by atoms with E-state index in [1.165, 1.54) is 12.1 Å². The molecule has 0 bridgehead atoms. The van der Waals surface area contributed by atoms with Crippen molar-refractivity contribution < 1.29 is 9.72 Å². The number of nitrogens with zero attached hydrogens (tertiary/aromatic N) is 2. The van der Waals surface area contributed by atoms with Crippen LogP contribution in [0.1, 0.15) is 57.5 Å². The molecule has 1 amide bonds. The molecule has 0 spiro atoms. The van der Waals surface area contributed by atoms with Gasteiger partial charge in [0.25, 0.3) is 11.6 Å². The average Bonchev–Trinajstić information content (AvgIpc) is 2.39. The van der Waals surface area contributed by atoms with Crippen molar-refractivity contribution >= 4 is 11.6 Å². The monoisotopic (exact) mass is 294 g/mol. The number of hydrogen-bond donors (Lipinski definition) is 0. The second kappa shape index (κ2) is 8.39. The van der Waals surface area contributed by atoms with Gasteiger partial charge in [0.2, 0.25) is 0 Å². The number of non-ortho nitro benzene ring substituents is 1. The molecule has 0 unspecified atom stereocenters. The van der Waals surface area contributed by atoms with Gasteiger partial charge in [-0.05, 0) is 46.2 Å². The lowest BCUT2D eigenvalue weighted by Gasteiger charge is -2.30. The van der Waals surface area contributed by atoms with E-state index in [9.17, 15) is 14.9 Å². The van der Waals surface area contributed by atoms with E-state index in [0.717, 1.165) is 0 Å². The Balaban J connectivity index is 0.00000191. The molecule has 0 heterocycles. The third-order valence-electron chi connectivity index (χ3n) is 2.87. The van der Waals surface area contributed by atoms with Gasteiger partial charge >= 0.3 is 0 Å². The number of hydrogen-bond acceptors (Lipinski definition) is 3. The molecular formula is C16H26N2O3. The molecule has 1 aromatic rings. The van der Waals surface area contributed by atoms with E-state index in [-0.39, 0.29) is 23.7 Å². The summed E-state index contributed by atoms with van der Waals surface area (Å²) in [6.07, 6.45) is 0. The molecule has 0 saturated carbocycles. The van der Waals surface area contributed by atoms with Crippen LogP contribution in [0.5, 0.6) is 0 Å². The van der Waals surface area contributed by atoms with Gasteiger partial charge in [-0.25, -0.2) is 0 Å². The smallest absolute Gasteiger partial charge is 0.270 e. The molecule has 0 aliphatic heterocycles. The maximum Gasteiger partial charge on any atom is 0.270 e. The molecule has 21 heavy (non-hydrogen) atoms. The molecule has 5 heteroatoms. The van der Waals surface area contributed by atoms with Crippen molar-refractivity contribution in [2.75, 3.05) is 0 Å². The van der Waals surface area contributed by atoms with E-state index >= 15 is 0 Å². The molecular weight excluding hydrogens is 268 g/mol. The van der Waals surface area contributed by atoms with Gasteiger partial charge < -0.3 is 4.90 Å². The van der Waals surface area contributed by atoms with Crippen LogP contribution in [0.2, 0.25) is 0 Å². The standard InChI is InChI=1S/C14H20N2O3.C2H6/c1-9(2)15(10(3)4)14(17)12-6-11(5)7-13(8-12)16(18)19;1-2/h6-10H,1-5H3;1-2H3. The highest BCUT2D eigenvalue weighted by Crippen LogP contribution is 2.20. The van der Waals surface area contributed by atoms with Gasteiger partial charge in [-0.15, -0.1) is 0 Å². The topological polar surface area (TPSA) is 63.5 Å². The lowest BCUT2D eigenvalue weighted by molar-refractivity contribution is -0.384. The van der Waals surface area contributed by atoms with Crippen LogP contribution in [0, 0.1) is 17.0 Å². The SMILES string of the molecule is CC.Cc1cc(C(=O)N(C(C)C)C(C)C)cc([N+](=O)[O-])c1. The summed E-state index contributed by atoms with van der Waals surface area (Å²) >= 11 is 0. The Morgan fingerprint density at radius 2 is 1.57 bits per heavy atom. The van der Waals surface area contributed by atoms with Gasteiger partial charge in [-0.3, -0.25) is 14.9 Å². The summed E-state index contributed by atoms with van der Waals surface area (Å²) in [6, 6.07) is 4.59. The van der Waals surface area contributed by atoms with Crippen molar-refractivity contribution in [3.8, 4) is 0 Å². The second-order valence-electron chi connectivity index (χ2n) is 5.21. The number of benzene rings is 1. The first-order chi connectivity index (χ1) is 9.73. The minimum atomic E-state index is -0.473. The van der Waals surface area contributed by atoms with E-state index in [4.69, 9.17) is 0 Å². The molecule has 0 aliphatic rings. The zero-order chi connectivity index (χ0) is 16.7. The second-order valence-corrected chi connectivity index (χ2v) is 5.21. The summed E-state index contributed by atoms with van der Waals surface area (Å²) < 4.78 is 0. The first-order valence-corrected chi connectivity index (χ1v) is 7.32. The van der Waals surface area contributed by atoms with Crippen LogP contribution >= 0.6 is 0 Å². The minimum absolute atomic E-state index is 0.0455. The van der Waals surface area contributed by atoms with Gasteiger partial charge in [0, 0.05) is 29.8 Å². The number of amides is 1. The van der Waals surface area contributed by atoms with Gasteiger partial charge in [0.1, 0.15) is 0 Å². The molecule has 0 fully saturated rings. The Hall–Kier alpha value is -1.91. The van der Waals surface area contributed by atoms with E-state index in [1.54, 1.807) is 17.9 Å². The van der Waals surface area contributed by atoms with Crippen LogP contribution in [0.3, 0.4) is 0 Å².